The number of likely N-dealkylation sites (N-methyl/N-ethyl adjacent to an activating group) is 1. The quantitative estimate of drug-likeness (QED) is 0.461. The third kappa shape index (κ3) is 7.59. The molecular formula is C26H36N4O7S. The lowest BCUT2D eigenvalue weighted by Gasteiger charge is -2.33. The molecule has 0 saturated heterocycles. The Morgan fingerprint density at radius 3 is 2.45 bits per heavy atom. The van der Waals surface area contributed by atoms with E-state index in [0.717, 1.165) is 6.26 Å². The number of aliphatic hydroxyl groups is 1. The molecule has 0 aliphatic carbocycles. The number of sulfonamides is 1. The van der Waals surface area contributed by atoms with Crippen LogP contribution in [-0.2, 0) is 21.2 Å². The fourth-order valence-electron chi connectivity index (χ4n) is 4.08. The number of ether oxygens (including phenoxy) is 2. The van der Waals surface area contributed by atoms with E-state index in [-0.39, 0.29) is 37.9 Å². The lowest BCUT2D eigenvalue weighted by atomic mass is 10.0. The number of fused-ring (bicyclic) bond motifs is 1. The summed E-state index contributed by atoms with van der Waals surface area (Å²) in [7, 11) is -0.420. The first-order chi connectivity index (χ1) is 17.9. The monoisotopic (exact) mass is 548 g/mol. The van der Waals surface area contributed by atoms with E-state index in [0.29, 0.717) is 28.4 Å². The third-order valence-electron chi connectivity index (χ3n) is 6.53. The number of methoxy groups -OCH3 is 1. The summed E-state index contributed by atoms with van der Waals surface area (Å²) in [5.41, 5.74) is 1.56. The summed E-state index contributed by atoms with van der Waals surface area (Å²) in [4.78, 5) is 27.5. The summed E-state index contributed by atoms with van der Waals surface area (Å²) in [6.45, 7) is 3.79. The van der Waals surface area contributed by atoms with Crippen molar-refractivity contribution in [3.05, 3.63) is 48.0 Å². The maximum atomic E-state index is 13.3. The molecule has 3 atom stereocenters. The normalized spacial score (nSPS) is 18.9. The van der Waals surface area contributed by atoms with Crippen molar-refractivity contribution in [1.29, 1.82) is 0 Å². The minimum Gasteiger partial charge on any atom is -0.497 e. The van der Waals surface area contributed by atoms with Crippen LogP contribution in [0, 0.1) is 5.92 Å². The molecule has 0 bridgehead atoms. The molecule has 208 valence electrons. The smallest absolute Gasteiger partial charge is 0.323 e. The van der Waals surface area contributed by atoms with Gasteiger partial charge in [0, 0.05) is 36.4 Å². The second-order valence-electron chi connectivity index (χ2n) is 9.56. The van der Waals surface area contributed by atoms with Gasteiger partial charge in [0.25, 0.3) is 0 Å². The van der Waals surface area contributed by atoms with Gasteiger partial charge in [-0.2, -0.15) is 0 Å². The van der Waals surface area contributed by atoms with E-state index in [4.69, 9.17) is 9.47 Å². The van der Waals surface area contributed by atoms with Gasteiger partial charge in [-0.15, -0.1) is 0 Å². The Morgan fingerprint density at radius 1 is 1.21 bits per heavy atom. The largest absolute Gasteiger partial charge is 0.497 e. The molecule has 3 rings (SSSR count). The summed E-state index contributed by atoms with van der Waals surface area (Å²) in [6, 6.07) is 11.0. The number of carbonyl (C=O) groups is 2. The molecule has 3 amide bonds. The van der Waals surface area contributed by atoms with Crippen LogP contribution in [0.3, 0.4) is 0 Å². The summed E-state index contributed by atoms with van der Waals surface area (Å²) >= 11 is 0. The Bertz CT molecular complexity index is 1240. The Balaban J connectivity index is 1.87. The minimum atomic E-state index is -3.46. The van der Waals surface area contributed by atoms with E-state index in [2.05, 4.69) is 10.6 Å². The minimum absolute atomic E-state index is 0.0172. The van der Waals surface area contributed by atoms with E-state index >= 15 is 0 Å². The van der Waals surface area contributed by atoms with Crippen molar-refractivity contribution >= 4 is 33.3 Å². The maximum Gasteiger partial charge on any atom is 0.323 e. The number of hydrogen-bond acceptors (Lipinski definition) is 7. The van der Waals surface area contributed by atoms with Crippen LogP contribution in [0.2, 0.25) is 0 Å². The number of carbonyl (C=O) groups excluding carboxylic acids is 2. The van der Waals surface area contributed by atoms with Gasteiger partial charge >= 0.3 is 6.03 Å². The van der Waals surface area contributed by atoms with Crippen molar-refractivity contribution in [2.45, 2.75) is 32.4 Å². The molecule has 0 fully saturated rings. The first kappa shape index (κ1) is 29.2. The highest BCUT2D eigenvalue weighted by molar-refractivity contribution is 7.88. The molecule has 11 nitrogen and oxygen atoms in total. The average molecular weight is 549 g/mol. The molecule has 0 aromatic heterocycles. The van der Waals surface area contributed by atoms with Crippen LogP contribution < -0.4 is 20.1 Å². The molecule has 0 saturated carbocycles. The molecule has 0 spiro atoms. The molecule has 0 unspecified atom stereocenters. The van der Waals surface area contributed by atoms with Crippen LogP contribution in [0.15, 0.2) is 42.5 Å². The molecule has 3 N–H and O–H groups in total. The van der Waals surface area contributed by atoms with Gasteiger partial charge in [0.15, 0.2) is 0 Å². The topological polar surface area (TPSA) is 138 Å². The summed E-state index contributed by atoms with van der Waals surface area (Å²) in [5.74, 6) is 0.645. The molecule has 12 heteroatoms. The van der Waals surface area contributed by atoms with Crippen LogP contribution in [0.1, 0.15) is 19.4 Å². The van der Waals surface area contributed by atoms with Crippen molar-refractivity contribution in [2.75, 3.05) is 50.7 Å². The van der Waals surface area contributed by atoms with Gasteiger partial charge in [0.1, 0.15) is 17.6 Å². The van der Waals surface area contributed by atoms with Crippen molar-refractivity contribution < 1.29 is 32.6 Å². The first-order valence-electron chi connectivity index (χ1n) is 12.2. The van der Waals surface area contributed by atoms with Gasteiger partial charge in [-0.1, -0.05) is 6.92 Å². The van der Waals surface area contributed by atoms with Crippen LogP contribution in [-0.4, -0.2) is 86.9 Å². The van der Waals surface area contributed by atoms with Gasteiger partial charge in [-0.05, 0) is 49.4 Å². The second-order valence-corrected chi connectivity index (χ2v) is 11.7. The predicted octanol–water partition coefficient (Wildman–Crippen LogP) is 2.38. The molecular weight excluding hydrogens is 512 g/mol. The Kier molecular flexibility index (Phi) is 9.58. The van der Waals surface area contributed by atoms with Crippen molar-refractivity contribution in [3.8, 4) is 11.5 Å². The Morgan fingerprint density at radius 2 is 1.84 bits per heavy atom. The van der Waals surface area contributed by atoms with Crippen LogP contribution >= 0.6 is 0 Å². The second kappa shape index (κ2) is 12.5. The fourth-order valence-corrected chi connectivity index (χ4v) is 4.50. The van der Waals surface area contributed by atoms with E-state index in [1.165, 1.54) is 11.4 Å². The molecule has 1 aliphatic rings. The Labute approximate surface area is 223 Å². The van der Waals surface area contributed by atoms with Gasteiger partial charge in [-0.25, -0.2) is 17.5 Å². The fraction of sp³-hybridized carbons (Fsp3) is 0.462. The molecule has 1 aliphatic heterocycles. The van der Waals surface area contributed by atoms with E-state index in [9.17, 15) is 23.1 Å². The Hall–Kier alpha value is -3.35. The number of benzene rings is 2. The van der Waals surface area contributed by atoms with Crippen LogP contribution in [0.25, 0.3) is 0 Å². The van der Waals surface area contributed by atoms with Crippen molar-refractivity contribution in [1.82, 2.24) is 9.21 Å². The summed E-state index contributed by atoms with van der Waals surface area (Å²) in [5, 5.41) is 15.3. The van der Waals surface area contributed by atoms with E-state index < -0.39 is 28.2 Å². The number of anilines is 2. The highest BCUT2D eigenvalue weighted by Gasteiger charge is 2.32. The van der Waals surface area contributed by atoms with Gasteiger partial charge in [0.05, 0.1) is 39.0 Å². The maximum absolute atomic E-state index is 13.3. The van der Waals surface area contributed by atoms with Crippen LogP contribution in [0.4, 0.5) is 16.2 Å². The first-order valence-corrected chi connectivity index (χ1v) is 14.1. The zero-order valence-electron chi connectivity index (χ0n) is 22.3. The molecule has 0 radical (unpaired) electrons. The molecule has 2 aromatic rings. The third-order valence-corrected chi connectivity index (χ3v) is 7.81. The van der Waals surface area contributed by atoms with Crippen molar-refractivity contribution in [2.24, 2.45) is 5.92 Å². The number of nitrogens with zero attached hydrogens (tertiary/aromatic N) is 2. The van der Waals surface area contributed by atoms with Gasteiger partial charge in [0.2, 0.25) is 15.9 Å². The molecule has 2 aromatic carbocycles. The SMILES string of the molecule is COc1ccc(NC(=O)Nc2ccc3c(c2)CC(=O)N([C@H](C)CO)C[C@H](C)[C@@H](CN(C)S(C)(=O)=O)O3)cc1. The molecule has 38 heavy (non-hydrogen) atoms. The zero-order chi connectivity index (χ0) is 28.0. The number of urea groups is 1. The van der Waals surface area contributed by atoms with E-state index in [1.54, 1.807) is 61.4 Å². The molecule has 1 heterocycles. The van der Waals surface area contributed by atoms with Gasteiger partial charge < -0.3 is 30.1 Å². The summed E-state index contributed by atoms with van der Waals surface area (Å²) in [6.07, 6.45) is 0.542. The lowest BCUT2D eigenvalue weighted by Crippen LogP contribution is -2.48. The number of rotatable bonds is 8. The van der Waals surface area contributed by atoms with Crippen LogP contribution in [0.5, 0.6) is 11.5 Å². The number of amides is 3. The van der Waals surface area contributed by atoms with Gasteiger partial charge in [-0.3, -0.25) is 4.79 Å². The standard InChI is InChI=1S/C26H36N4O7S/c1-17-14-30(18(2)16-31)25(32)13-19-12-21(28-26(33)27-20-6-9-22(36-4)10-7-20)8-11-23(19)37-24(17)15-29(3)38(5,34)35/h6-12,17-18,24,31H,13-16H2,1-5H3,(H2,27,28,33)/t17-,18+,24+/m0/s1. The number of hydrogen-bond donors (Lipinski definition) is 3. The number of aliphatic hydroxyl groups excluding tert-OH is 1. The van der Waals surface area contributed by atoms with Crippen molar-refractivity contribution in [3.63, 3.8) is 0 Å². The highest BCUT2D eigenvalue weighted by Crippen LogP contribution is 2.29. The highest BCUT2D eigenvalue weighted by atomic mass is 32.2. The zero-order valence-corrected chi connectivity index (χ0v) is 23.1. The van der Waals surface area contributed by atoms with E-state index in [1.807, 2.05) is 6.92 Å². The number of nitrogens with one attached hydrogen (secondary N) is 2. The predicted molar refractivity (Wildman–Crippen MR) is 145 cm³/mol. The average Bonchev–Trinajstić information content (AvgIpc) is 2.91. The lowest BCUT2D eigenvalue weighted by molar-refractivity contribution is -0.134. The summed E-state index contributed by atoms with van der Waals surface area (Å²) < 4.78 is 36.8.